The van der Waals surface area contributed by atoms with Crippen molar-refractivity contribution in [3.63, 3.8) is 0 Å². The number of aryl methyl sites for hydroxylation is 1. The van der Waals surface area contributed by atoms with E-state index in [0.29, 0.717) is 15.7 Å². The van der Waals surface area contributed by atoms with Crippen LogP contribution in [0.15, 0.2) is 27.4 Å². The first-order valence-electron chi connectivity index (χ1n) is 3.92. The van der Waals surface area contributed by atoms with Gasteiger partial charge in [-0.05, 0) is 24.6 Å². The SMILES string of the molecule is Cc1ccc(-c2nnc(Br)o2)cc1Cl. The maximum absolute atomic E-state index is 5.97. The molecule has 2 rings (SSSR count). The number of benzene rings is 1. The molecule has 0 fully saturated rings. The fourth-order valence-electron chi connectivity index (χ4n) is 1.05. The third-order valence-corrected chi connectivity index (χ3v) is 2.55. The van der Waals surface area contributed by atoms with Gasteiger partial charge in [0.05, 0.1) is 0 Å². The smallest absolute Gasteiger partial charge is 0.285 e. The van der Waals surface area contributed by atoms with Crippen LogP contribution in [0.4, 0.5) is 0 Å². The molecular formula is C9H6BrClN2O. The van der Waals surface area contributed by atoms with E-state index >= 15 is 0 Å². The van der Waals surface area contributed by atoms with Gasteiger partial charge in [-0.15, -0.1) is 10.2 Å². The van der Waals surface area contributed by atoms with E-state index < -0.39 is 0 Å². The lowest BCUT2D eigenvalue weighted by Crippen LogP contribution is -1.80. The third-order valence-electron chi connectivity index (χ3n) is 1.82. The molecule has 72 valence electrons. The second-order valence-corrected chi connectivity index (χ2v) is 3.91. The van der Waals surface area contributed by atoms with E-state index in [9.17, 15) is 0 Å². The molecule has 0 saturated carbocycles. The molecule has 0 bridgehead atoms. The predicted molar refractivity (Wildman–Crippen MR) is 57.2 cm³/mol. The lowest BCUT2D eigenvalue weighted by Gasteiger charge is -1.98. The Kier molecular flexibility index (Phi) is 2.56. The number of hydrogen-bond donors (Lipinski definition) is 0. The van der Waals surface area contributed by atoms with Gasteiger partial charge in [0.15, 0.2) is 0 Å². The van der Waals surface area contributed by atoms with Crippen molar-refractivity contribution in [2.45, 2.75) is 6.92 Å². The van der Waals surface area contributed by atoms with E-state index in [1.165, 1.54) is 0 Å². The maximum Gasteiger partial charge on any atom is 0.285 e. The molecule has 2 aromatic rings. The number of hydrogen-bond acceptors (Lipinski definition) is 3. The fourth-order valence-corrected chi connectivity index (χ4v) is 1.46. The number of nitrogens with zero attached hydrogens (tertiary/aromatic N) is 2. The standard InChI is InChI=1S/C9H6BrClN2O/c1-5-2-3-6(4-7(5)11)8-12-13-9(10)14-8/h2-4H,1H3. The van der Waals surface area contributed by atoms with Crippen LogP contribution >= 0.6 is 27.5 Å². The van der Waals surface area contributed by atoms with Crippen molar-refractivity contribution < 1.29 is 4.42 Å². The number of rotatable bonds is 1. The minimum absolute atomic E-state index is 0.365. The van der Waals surface area contributed by atoms with Gasteiger partial charge in [0.25, 0.3) is 4.80 Å². The Morgan fingerprint density at radius 1 is 1.36 bits per heavy atom. The summed E-state index contributed by atoms with van der Waals surface area (Å²) in [5, 5.41) is 8.23. The molecule has 14 heavy (non-hydrogen) atoms. The van der Waals surface area contributed by atoms with Gasteiger partial charge < -0.3 is 4.42 Å². The first kappa shape index (κ1) is 9.68. The van der Waals surface area contributed by atoms with Gasteiger partial charge in [0.1, 0.15) is 0 Å². The molecule has 0 aliphatic carbocycles. The van der Waals surface area contributed by atoms with Crippen LogP contribution in [-0.4, -0.2) is 10.2 Å². The number of aromatic nitrogens is 2. The summed E-state index contributed by atoms with van der Waals surface area (Å²) in [5.41, 5.74) is 1.84. The van der Waals surface area contributed by atoms with Crippen molar-refractivity contribution in [2.75, 3.05) is 0 Å². The van der Waals surface area contributed by atoms with Crippen LogP contribution in [0.5, 0.6) is 0 Å². The Hall–Kier alpha value is -0.870. The zero-order valence-electron chi connectivity index (χ0n) is 7.29. The zero-order valence-corrected chi connectivity index (χ0v) is 9.63. The van der Waals surface area contributed by atoms with Crippen LogP contribution in [0.2, 0.25) is 5.02 Å². The van der Waals surface area contributed by atoms with E-state index in [1.54, 1.807) is 6.07 Å². The molecule has 0 amide bonds. The molecule has 0 unspecified atom stereocenters. The highest BCUT2D eigenvalue weighted by atomic mass is 79.9. The van der Waals surface area contributed by atoms with Gasteiger partial charge in [-0.2, -0.15) is 0 Å². The molecule has 5 heteroatoms. The molecule has 0 atom stereocenters. The van der Waals surface area contributed by atoms with Crippen molar-refractivity contribution in [1.82, 2.24) is 10.2 Å². The molecule has 1 heterocycles. The zero-order chi connectivity index (χ0) is 10.1. The van der Waals surface area contributed by atoms with Crippen LogP contribution < -0.4 is 0 Å². The molecule has 0 spiro atoms. The maximum atomic E-state index is 5.97. The third kappa shape index (κ3) is 1.81. The summed E-state index contributed by atoms with van der Waals surface area (Å²) >= 11 is 9.06. The van der Waals surface area contributed by atoms with E-state index in [2.05, 4.69) is 26.1 Å². The Bertz CT molecular complexity index is 470. The van der Waals surface area contributed by atoms with E-state index in [0.717, 1.165) is 11.1 Å². The van der Waals surface area contributed by atoms with Gasteiger partial charge in [0.2, 0.25) is 5.89 Å². The number of halogens is 2. The van der Waals surface area contributed by atoms with Crippen molar-refractivity contribution >= 4 is 27.5 Å². The fraction of sp³-hybridized carbons (Fsp3) is 0.111. The molecule has 1 aromatic carbocycles. The topological polar surface area (TPSA) is 38.9 Å². The molecule has 0 aliphatic heterocycles. The lowest BCUT2D eigenvalue weighted by molar-refractivity contribution is 0.540. The van der Waals surface area contributed by atoms with Crippen molar-refractivity contribution in [1.29, 1.82) is 0 Å². The molecule has 0 radical (unpaired) electrons. The summed E-state index contributed by atoms with van der Waals surface area (Å²) in [7, 11) is 0. The van der Waals surface area contributed by atoms with Crippen molar-refractivity contribution in [2.24, 2.45) is 0 Å². The highest BCUT2D eigenvalue weighted by molar-refractivity contribution is 9.10. The minimum atomic E-state index is 0.365. The summed E-state index contributed by atoms with van der Waals surface area (Å²) in [5.74, 6) is 0.457. The highest BCUT2D eigenvalue weighted by Crippen LogP contribution is 2.25. The largest absolute Gasteiger partial charge is 0.411 e. The van der Waals surface area contributed by atoms with Crippen molar-refractivity contribution in [3.8, 4) is 11.5 Å². The average molecular weight is 274 g/mol. The van der Waals surface area contributed by atoms with E-state index in [4.69, 9.17) is 16.0 Å². The second-order valence-electron chi connectivity index (χ2n) is 2.82. The summed E-state index contributed by atoms with van der Waals surface area (Å²) in [6, 6.07) is 5.60. The van der Waals surface area contributed by atoms with Crippen LogP contribution in [0.25, 0.3) is 11.5 Å². The average Bonchev–Trinajstić information content (AvgIpc) is 2.57. The van der Waals surface area contributed by atoms with Crippen LogP contribution in [0.1, 0.15) is 5.56 Å². The van der Waals surface area contributed by atoms with Gasteiger partial charge in [0, 0.05) is 26.5 Å². The summed E-state index contributed by atoms with van der Waals surface area (Å²) < 4.78 is 5.20. The predicted octanol–water partition coefficient (Wildman–Crippen LogP) is 3.46. The van der Waals surface area contributed by atoms with Gasteiger partial charge >= 0.3 is 0 Å². The monoisotopic (exact) mass is 272 g/mol. The van der Waals surface area contributed by atoms with Gasteiger partial charge in [-0.1, -0.05) is 17.7 Å². The summed E-state index contributed by atoms with van der Waals surface area (Å²) in [4.78, 5) is 0.365. The second kappa shape index (κ2) is 3.71. The van der Waals surface area contributed by atoms with Crippen LogP contribution in [0, 0.1) is 6.92 Å². The molecule has 0 saturated heterocycles. The van der Waals surface area contributed by atoms with Gasteiger partial charge in [-0.3, -0.25) is 0 Å². The Morgan fingerprint density at radius 2 is 2.14 bits per heavy atom. The molecular weight excluding hydrogens is 267 g/mol. The minimum Gasteiger partial charge on any atom is -0.411 e. The Labute approximate surface area is 94.2 Å². The Morgan fingerprint density at radius 3 is 2.71 bits per heavy atom. The van der Waals surface area contributed by atoms with Crippen LogP contribution in [0.3, 0.4) is 0 Å². The molecule has 3 nitrogen and oxygen atoms in total. The first-order chi connectivity index (χ1) is 6.66. The Balaban J connectivity index is 2.47. The van der Waals surface area contributed by atoms with Gasteiger partial charge in [-0.25, -0.2) is 0 Å². The summed E-state index contributed by atoms with van der Waals surface area (Å²) in [6.45, 7) is 1.94. The molecule has 0 aliphatic rings. The summed E-state index contributed by atoms with van der Waals surface area (Å²) in [6.07, 6.45) is 0. The van der Waals surface area contributed by atoms with Crippen LogP contribution in [-0.2, 0) is 0 Å². The van der Waals surface area contributed by atoms with E-state index in [1.807, 2.05) is 19.1 Å². The first-order valence-corrected chi connectivity index (χ1v) is 5.09. The highest BCUT2D eigenvalue weighted by Gasteiger charge is 2.07. The quantitative estimate of drug-likeness (QED) is 0.798. The lowest BCUT2D eigenvalue weighted by atomic mass is 10.1. The van der Waals surface area contributed by atoms with Crippen molar-refractivity contribution in [3.05, 3.63) is 33.6 Å². The van der Waals surface area contributed by atoms with E-state index in [-0.39, 0.29) is 0 Å². The normalized spacial score (nSPS) is 10.5. The molecule has 0 N–H and O–H groups in total. The molecule has 1 aromatic heterocycles.